The van der Waals surface area contributed by atoms with Crippen molar-refractivity contribution in [1.29, 1.82) is 0 Å². The Morgan fingerprint density at radius 3 is 2.29 bits per heavy atom. The lowest BCUT2D eigenvalue weighted by atomic mass is 10.3. The van der Waals surface area contributed by atoms with E-state index in [0.717, 1.165) is 24.3 Å². The number of hydrogen-bond acceptors (Lipinski definition) is 7. The minimum Gasteiger partial charge on any atom is -0.432 e. The highest BCUT2D eigenvalue weighted by Crippen LogP contribution is 2.28. The number of non-ortho nitro benzene ring substituents is 1. The van der Waals surface area contributed by atoms with E-state index in [9.17, 15) is 32.1 Å². The summed E-state index contributed by atoms with van der Waals surface area (Å²) in [5, 5.41) is 10.9. The second kappa shape index (κ2) is 10.4. The molecule has 0 aliphatic heterocycles. The third-order valence-electron chi connectivity index (χ3n) is 4.34. The Kier molecular flexibility index (Phi) is 7.64. The zero-order valence-electron chi connectivity index (χ0n) is 17.1. The number of nitrogens with zero attached hydrogens (tertiary/aromatic N) is 2. The number of hydrogen-bond donors (Lipinski definition) is 0. The summed E-state index contributed by atoms with van der Waals surface area (Å²) >= 11 is 5.79. The highest BCUT2D eigenvalue weighted by atomic mass is 35.5. The number of benzene rings is 3. The van der Waals surface area contributed by atoms with Crippen LogP contribution in [-0.2, 0) is 14.8 Å². The number of carbonyl (C=O) groups is 1. The first kappa shape index (κ1) is 24.9. The molecule has 34 heavy (non-hydrogen) atoms. The van der Waals surface area contributed by atoms with Crippen LogP contribution in [0.5, 0.6) is 5.75 Å². The third kappa shape index (κ3) is 5.97. The van der Waals surface area contributed by atoms with Crippen LogP contribution < -0.4 is 9.04 Å². The standard InChI is InChI=1S/C21H15ClF2N2O7S/c22-14-1-8-18(9-2-14)34(30,31)25(20-13-15(23)3-10-19(20)24)11-12-32-21(27)33-17-6-4-16(5-7-17)26(28)29/h1-10,13H,11-12H2. The van der Waals surface area contributed by atoms with Crippen molar-refractivity contribution in [3.05, 3.63) is 93.5 Å². The fourth-order valence-corrected chi connectivity index (χ4v) is 4.33. The molecule has 0 saturated carbocycles. The first-order valence-corrected chi connectivity index (χ1v) is 11.2. The molecule has 0 atom stereocenters. The summed E-state index contributed by atoms with van der Waals surface area (Å²) in [6.45, 7) is -1.17. The topological polar surface area (TPSA) is 116 Å². The van der Waals surface area contributed by atoms with Gasteiger partial charge in [-0.25, -0.2) is 22.0 Å². The number of carbonyl (C=O) groups excluding carboxylic acids is 1. The molecule has 3 rings (SSSR count). The molecule has 0 spiro atoms. The van der Waals surface area contributed by atoms with Gasteiger partial charge in [0.25, 0.3) is 15.7 Å². The van der Waals surface area contributed by atoms with Crippen molar-refractivity contribution in [2.24, 2.45) is 0 Å². The molecular weight excluding hydrogens is 498 g/mol. The first-order valence-electron chi connectivity index (χ1n) is 9.40. The van der Waals surface area contributed by atoms with Crippen LogP contribution in [0, 0.1) is 21.7 Å². The van der Waals surface area contributed by atoms with Crippen LogP contribution >= 0.6 is 11.6 Å². The van der Waals surface area contributed by atoms with Crippen LogP contribution in [0.2, 0.25) is 5.02 Å². The van der Waals surface area contributed by atoms with Crippen molar-refractivity contribution in [2.75, 3.05) is 17.5 Å². The molecule has 0 amide bonds. The Balaban J connectivity index is 1.77. The molecule has 0 radical (unpaired) electrons. The molecule has 0 aromatic heterocycles. The monoisotopic (exact) mass is 512 g/mol. The first-order chi connectivity index (χ1) is 16.1. The highest BCUT2D eigenvalue weighted by Gasteiger charge is 2.28. The fraction of sp³-hybridized carbons (Fsp3) is 0.0952. The number of halogens is 3. The van der Waals surface area contributed by atoms with Crippen molar-refractivity contribution in [1.82, 2.24) is 0 Å². The Morgan fingerprint density at radius 1 is 1.03 bits per heavy atom. The van der Waals surface area contributed by atoms with E-state index >= 15 is 0 Å². The van der Waals surface area contributed by atoms with Crippen molar-refractivity contribution >= 4 is 39.2 Å². The molecule has 0 N–H and O–H groups in total. The molecule has 13 heteroatoms. The van der Waals surface area contributed by atoms with Crippen LogP contribution in [0.3, 0.4) is 0 Å². The van der Waals surface area contributed by atoms with Crippen LogP contribution in [0.1, 0.15) is 0 Å². The average Bonchev–Trinajstić information content (AvgIpc) is 2.79. The van der Waals surface area contributed by atoms with Crippen LogP contribution in [0.4, 0.5) is 25.0 Å². The normalized spacial score (nSPS) is 11.0. The maximum atomic E-state index is 14.4. The second-order valence-electron chi connectivity index (χ2n) is 6.58. The molecule has 0 aliphatic rings. The molecule has 0 fully saturated rings. The summed E-state index contributed by atoms with van der Waals surface area (Å²) in [7, 11) is -4.41. The Bertz CT molecular complexity index is 1300. The van der Waals surface area contributed by atoms with E-state index in [2.05, 4.69) is 0 Å². The zero-order valence-corrected chi connectivity index (χ0v) is 18.6. The van der Waals surface area contributed by atoms with Gasteiger partial charge in [0.05, 0.1) is 22.1 Å². The van der Waals surface area contributed by atoms with Gasteiger partial charge in [-0.1, -0.05) is 11.6 Å². The van der Waals surface area contributed by atoms with E-state index in [1.165, 1.54) is 36.4 Å². The molecule has 3 aromatic carbocycles. The summed E-state index contributed by atoms with van der Waals surface area (Å²) < 4.78 is 64.7. The van der Waals surface area contributed by atoms with Gasteiger partial charge in [-0.15, -0.1) is 0 Å². The highest BCUT2D eigenvalue weighted by molar-refractivity contribution is 7.92. The molecule has 0 saturated heterocycles. The number of sulfonamides is 1. The van der Waals surface area contributed by atoms with Gasteiger partial charge < -0.3 is 9.47 Å². The van der Waals surface area contributed by atoms with Gasteiger partial charge in [-0.2, -0.15) is 0 Å². The van der Waals surface area contributed by atoms with E-state index in [1.807, 2.05) is 0 Å². The van der Waals surface area contributed by atoms with E-state index < -0.39 is 51.6 Å². The molecule has 0 aliphatic carbocycles. The van der Waals surface area contributed by atoms with Crippen LogP contribution in [-0.4, -0.2) is 32.6 Å². The van der Waals surface area contributed by atoms with Gasteiger partial charge >= 0.3 is 6.16 Å². The number of anilines is 1. The number of nitro benzene ring substituents is 1. The number of rotatable bonds is 8. The lowest BCUT2D eigenvalue weighted by Crippen LogP contribution is -2.35. The Morgan fingerprint density at radius 2 is 1.68 bits per heavy atom. The van der Waals surface area contributed by atoms with Crippen molar-refractivity contribution in [3.63, 3.8) is 0 Å². The average molecular weight is 513 g/mol. The maximum Gasteiger partial charge on any atom is 0.513 e. The SMILES string of the molecule is O=C(OCCN(c1cc(F)ccc1F)S(=O)(=O)c1ccc(Cl)cc1)Oc1ccc([N+](=O)[O-])cc1. The van der Waals surface area contributed by atoms with Crippen LogP contribution in [0.25, 0.3) is 0 Å². The molecule has 3 aromatic rings. The quantitative estimate of drug-likeness (QED) is 0.182. The second-order valence-corrected chi connectivity index (χ2v) is 8.88. The van der Waals surface area contributed by atoms with Crippen molar-refractivity contribution < 1.29 is 36.4 Å². The van der Waals surface area contributed by atoms with Gasteiger partial charge in [0.2, 0.25) is 0 Å². The number of nitro groups is 1. The summed E-state index contributed by atoms with van der Waals surface area (Å²) in [6, 6.07) is 11.8. The molecular formula is C21H15ClF2N2O7S. The van der Waals surface area contributed by atoms with E-state index in [0.29, 0.717) is 10.4 Å². The zero-order chi connectivity index (χ0) is 24.9. The molecule has 9 nitrogen and oxygen atoms in total. The van der Waals surface area contributed by atoms with Gasteiger partial charge in [0.15, 0.2) is 0 Å². The summed E-state index contributed by atoms with van der Waals surface area (Å²) in [4.78, 5) is 21.7. The summed E-state index contributed by atoms with van der Waals surface area (Å²) in [5.74, 6) is -1.96. The predicted octanol–water partition coefficient (Wildman–Crippen LogP) is 4.94. The largest absolute Gasteiger partial charge is 0.513 e. The third-order valence-corrected chi connectivity index (χ3v) is 6.42. The fourth-order valence-electron chi connectivity index (χ4n) is 2.75. The summed E-state index contributed by atoms with van der Waals surface area (Å²) in [5.41, 5.74) is -0.817. The molecule has 0 unspecified atom stereocenters. The molecule has 0 heterocycles. The Labute approximate surface area is 197 Å². The van der Waals surface area contributed by atoms with Gasteiger partial charge in [0, 0.05) is 23.2 Å². The minimum absolute atomic E-state index is 0.0579. The van der Waals surface area contributed by atoms with Crippen LogP contribution in [0.15, 0.2) is 71.6 Å². The maximum absolute atomic E-state index is 14.4. The van der Waals surface area contributed by atoms with Gasteiger partial charge in [-0.3, -0.25) is 14.4 Å². The van der Waals surface area contributed by atoms with E-state index in [-0.39, 0.29) is 21.4 Å². The van der Waals surface area contributed by atoms with E-state index in [4.69, 9.17) is 21.1 Å². The minimum atomic E-state index is -4.41. The lowest BCUT2D eigenvalue weighted by molar-refractivity contribution is -0.384. The van der Waals surface area contributed by atoms with Crippen molar-refractivity contribution in [2.45, 2.75) is 4.90 Å². The lowest BCUT2D eigenvalue weighted by Gasteiger charge is -2.24. The molecule has 0 bridgehead atoms. The number of ether oxygens (including phenoxy) is 2. The van der Waals surface area contributed by atoms with Gasteiger partial charge in [-0.05, 0) is 48.5 Å². The Hall–Kier alpha value is -3.77. The summed E-state index contributed by atoms with van der Waals surface area (Å²) in [6.07, 6.45) is -1.24. The smallest absolute Gasteiger partial charge is 0.432 e. The van der Waals surface area contributed by atoms with Gasteiger partial charge in [0.1, 0.15) is 24.0 Å². The molecule has 178 valence electrons. The van der Waals surface area contributed by atoms with Crippen molar-refractivity contribution in [3.8, 4) is 5.75 Å². The predicted molar refractivity (Wildman–Crippen MR) is 117 cm³/mol. The van der Waals surface area contributed by atoms with E-state index in [1.54, 1.807) is 0 Å².